The van der Waals surface area contributed by atoms with Crippen molar-refractivity contribution in [2.45, 2.75) is 51.7 Å². The third-order valence-electron chi connectivity index (χ3n) is 3.34. The van der Waals surface area contributed by atoms with Gasteiger partial charge >= 0.3 is 12.1 Å². The van der Waals surface area contributed by atoms with Gasteiger partial charge in [0.1, 0.15) is 11.6 Å². The Bertz CT molecular complexity index is 528. The number of rotatable bonds is 8. The number of alkyl halides is 1. The molecule has 0 aromatic heterocycles. The first-order chi connectivity index (χ1) is 11.2. The van der Waals surface area contributed by atoms with Gasteiger partial charge < -0.3 is 9.84 Å². The van der Waals surface area contributed by atoms with Crippen molar-refractivity contribution in [2.24, 2.45) is 0 Å². The van der Waals surface area contributed by atoms with Gasteiger partial charge in [0.05, 0.1) is 0 Å². The third-order valence-corrected chi connectivity index (χ3v) is 3.90. The van der Waals surface area contributed by atoms with E-state index in [2.05, 4.69) is 15.9 Å². The molecule has 0 spiro atoms. The number of unbranched alkanes of at least 4 members (excludes halogenated alkanes) is 1. The molecule has 6 heteroatoms. The van der Waals surface area contributed by atoms with E-state index in [-0.39, 0.29) is 6.42 Å². The molecule has 0 bridgehead atoms. The maximum atomic E-state index is 12.5. The van der Waals surface area contributed by atoms with Crippen LogP contribution in [-0.4, -0.2) is 45.6 Å². The number of carbonyl (C=O) groups excluding carboxylic acids is 1. The van der Waals surface area contributed by atoms with E-state index in [9.17, 15) is 14.7 Å². The molecular formula is C18H26BrNO4. The fraction of sp³-hybridized carbons (Fsp3) is 0.556. The smallest absolute Gasteiger partial charge is 0.411 e. The topological polar surface area (TPSA) is 66.8 Å². The average Bonchev–Trinajstić information content (AvgIpc) is 2.49. The third kappa shape index (κ3) is 7.34. The van der Waals surface area contributed by atoms with Crippen LogP contribution in [0.15, 0.2) is 30.3 Å². The van der Waals surface area contributed by atoms with E-state index < -0.39 is 23.7 Å². The highest BCUT2D eigenvalue weighted by molar-refractivity contribution is 9.09. The Labute approximate surface area is 152 Å². The standard InChI is InChI=1S/C18H26BrNO4/c1-18(2,3)24-17(23)20(12-8-7-11-19)15(16(21)22)13-14-9-5-4-6-10-14/h4-6,9-10,15H,7-8,11-13H2,1-3H3,(H,21,22)/t15-/m0/s1. The summed E-state index contributed by atoms with van der Waals surface area (Å²) >= 11 is 3.35. The zero-order valence-electron chi connectivity index (χ0n) is 14.5. The lowest BCUT2D eigenvalue weighted by Crippen LogP contribution is -2.48. The minimum absolute atomic E-state index is 0.254. The van der Waals surface area contributed by atoms with Crippen molar-refractivity contribution in [1.82, 2.24) is 4.90 Å². The Kier molecular flexibility index (Phi) is 8.25. The molecule has 1 N–H and O–H groups in total. The lowest BCUT2D eigenvalue weighted by molar-refractivity contribution is -0.143. The number of benzene rings is 1. The number of carboxylic acid groups (broad SMARTS) is 1. The van der Waals surface area contributed by atoms with E-state index >= 15 is 0 Å². The van der Waals surface area contributed by atoms with Crippen molar-refractivity contribution < 1.29 is 19.4 Å². The van der Waals surface area contributed by atoms with Crippen LogP contribution in [0.3, 0.4) is 0 Å². The average molecular weight is 400 g/mol. The molecule has 1 amide bonds. The van der Waals surface area contributed by atoms with Gasteiger partial charge in [-0.1, -0.05) is 46.3 Å². The number of aliphatic carboxylic acids is 1. The number of carbonyl (C=O) groups is 2. The van der Waals surface area contributed by atoms with Crippen molar-refractivity contribution in [3.05, 3.63) is 35.9 Å². The van der Waals surface area contributed by atoms with E-state index in [1.54, 1.807) is 20.8 Å². The molecule has 1 atom stereocenters. The van der Waals surface area contributed by atoms with Crippen LogP contribution in [0.1, 0.15) is 39.2 Å². The molecule has 1 rings (SSSR count). The van der Waals surface area contributed by atoms with Crippen LogP contribution in [0.25, 0.3) is 0 Å². The molecule has 0 radical (unpaired) electrons. The quantitative estimate of drug-likeness (QED) is 0.527. The minimum Gasteiger partial charge on any atom is -0.480 e. The van der Waals surface area contributed by atoms with Gasteiger partial charge in [0.2, 0.25) is 0 Å². The summed E-state index contributed by atoms with van der Waals surface area (Å²) < 4.78 is 5.41. The van der Waals surface area contributed by atoms with E-state index in [4.69, 9.17) is 4.74 Å². The van der Waals surface area contributed by atoms with E-state index in [0.717, 1.165) is 17.3 Å². The highest BCUT2D eigenvalue weighted by Gasteiger charge is 2.32. The molecule has 0 fully saturated rings. The van der Waals surface area contributed by atoms with Gasteiger partial charge in [-0.2, -0.15) is 0 Å². The molecule has 0 saturated carbocycles. The van der Waals surface area contributed by atoms with Crippen LogP contribution in [0.5, 0.6) is 0 Å². The Hall–Kier alpha value is -1.56. The van der Waals surface area contributed by atoms with Gasteiger partial charge in [0.15, 0.2) is 0 Å². The Morgan fingerprint density at radius 2 is 1.83 bits per heavy atom. The largest absolute Gasteiger partial charge is 0.480 e. The fourth-order valence-corrected chi connectivity index (χ4v) is 2.64. The normalized spacial score (nSPS) is 12.5. The van der Waals surface area contributed by atoms with Gasteiger partial charge in [-0.15, -0.1) is 0 Å². The lowest BCUT2D eigenvalue weighted by Gasteiger charge is -2.31. The van der Waals surface area contributed by atoms with E-state index in [0.29, 0.717) is 13.0 Å². The monoisotopic (exact) mass is 399 g/mol. The predicted octanol–water partition coefficient (Wildman–Crippen LogP) is 4.09. The van der Waals surface area contributed by atoms with Crippen molar-refractivity contribution in [2.75, 3.05) is 11.9 Å². The summed E-state index contributed by atoms with van der Waals surface area (Å²) in [5.74, 6) is -1.02. The summed E-state index contributed by atoms with van der Waals surface area (Å²) in [7, 11) is 0. The number of halogens is 1. The first kappa shape index (κ1) is 20.5. The van der Waals surface area contributed by atoms with Crippen LogP contribution >= 0.6 is 15.9 Å². The molecule has 1 aromatic carbocycles. The highest BCUT2D eigenvalue weighted by Crippen LogP contribution is 2.16. The molecule has 0 aliphatic carbocycles. The number of ether oxygens (including phenoxy) is 1. The first-order valence-electron chi connectivity index (χ1n) is 8.07. The highest BCUT2D eigenvalue weighted by atomic mass is 79.9. The van der Waals surface area contributed by atoms with Gasteiger partial charge in [0, 0.05) is 18.3 Å². The van der Waals surface area contributed by atoms with Gasteiger partial charge in [-0.05, 0) is 39.2 Å². The van der Waals surface area contributed by atoms with Crippen molar-refractivity contribution in [1.29, 1.82) is 0 Å². The Morgan fingerprint density at radius 1 is 1.21 bits per heavy atom. The fourth-order valence-electron chi connectivity index (χ4n) is 2.24. The van der Waals surface area contributed by atoms with Gasteiger partial charge in [-0.25, -0.2) is 9.59 Å². The predicted molar refractivity (Wildman–Crippen MR) is 97.5 cm³/mol. The van der Waals surface area contributed by atoms with Crippen molar-refractivity contribution in [3.8, 4) is 0 Å². The summed E-state index contributed by atoms with van der Waals surface area (Å²) in [4.78, 5) is 25.6. The first-order valence-corrected chi connectivity index (χ1v) is 9.19. The molecule has 1 aromatic rings. The number of hydrogen-bond donors (Lipinski definition) is 1. The maximum absolute atomic E-state index is 12.5. The number of amides is 1. The van der Waals surface area contributed by atoms with E-state index in [1.807, 2.05) is 30.3 Å². The second-order valence-corrected chi connectivity index (χ2v) is 7.41. The van der Waals surface area contributed by atoms with Crippen LogP contribution in [-0.2, 0) is 16.0 Å². The molecule has 0 unspecified atom stereocenters. The molecule has 0 aliphatic rings. The maximum Gasteiger partial charge on any atom is 0.411 e. The molecule has 24 heavy (non-hydrogen) atoms. The van der Waals surface area contributed by atoms with Crippen molar-refractivity contribution in [3.63, 3.8) is 0 Å². The lowest BCUT2D eigenvalue weighted by atomic mass is 10.0. The number of carboxylic acids is 1. The summed E-state index contributed by atoms with van der Waals surface area (Å²) in [6.45, 7) is 5.67. The summed E-state index contributed by atoms with van der Waals surface area (Å²) in [5, 5.41) is 10.5. The van der Waals surface area contributed by atoms with Crippen LogP contribution in [0.2, 0.25) is 0 Å². The van der Waals surface area contributed by atoms with Crippen LogP contribution in [0.4, 0.5) is 4.79 Å². The summed E-state index contributed by atoms with van der Waals surface area (Å²) in [6.07, 6.45) is 1.24. The van der Waals surface area contributed by atoms with Crippen LogP contribution < -0.4 is 0 Å². The molecule has 134 valence electrons. The second-order valence-electron chi connectivity index (χ2n) is 6.61. The minimum atomic E-state index is -1.02. The van der Waals surface area contributed by atoms with Gasteiger partial charge in [0.25, 0.3) is 0 Å². The SMILES string of the molecule is CC(C)(C)OC(=O)N(CCCCBr)[C@@H](Cc1ccccc1)C(=O)O. The zero-order chi connectivity index (χ0) is 18.2. The van der Waals surface area contributed by atoms with E-state index in [1.165, 1.54) is 4.90 Å². The molecule has 0 saturated heterocycles. The summed E-state index contributed by atoms with van der Waals surface area (Å²) in [5.41, 5.74) is 0.208. The number of nitrogens with zero attached hydrogens (tertiary/aromatic N) is 1. The second kappa shape index (κ2) is 9.67. The molecular weight excluding hydrogens is 374 g/mol. The zero-order valence-corrected chi connectivity index (χ0v) is 16.1. The molecule has 0 heterocycles. The molecule has 5 nitrogen and oxygen atoms in total. The van der Waals surface area contributed by atoms with Crippen LogP contribution in [0, 0.1) is 0 Å². The Balaban J connectivity index is 2.97. The summed E-state index contributed by atoms with van der Waals surface area (Å²) in [6, 6.07) is 8.37. The Morgan fingerprint density at radius 3 is 2.33 bits per heavy atom. The van der Waals surface area contributed by atoms with Crippen molar-refractivity contribution >= 4 is 28.0 Å². The number of hydrogen-bond acceptors (Lipinski definition) is 3. The molecule has 0 aliphatic heterocycles. The van der Waals surface area contributed by atoms with Gasteiger partial charge in [-0.3, -0.25) is 4.90 Å².